The Morgan fingerprint density at radius 3 is 3.06 bits per heavy atom. The molecule has 0 saturated heterocycles. The molecule has 1 amide bonds. The Morgan fingerprint density at radius 1 is 1.62 bits per heavy atom. The van der Waals surface area contributed by atoms with Crippen molar-refractivity contribution in [3.63, 3.8) is 0 Å². The van der Waals surface area contributed by atoms with Crippen LogP contribution >= 0.6 is 0 Å². The number of hydrogen-bond acceptors (Lipinski definition) is 3. The van der Waals surface area contributed by atoms with Crippen LogP contribution < -0.4 is 9.64 Å². The summed E-state index contributed by atoms with van der Waals surface area (Å²) in [6.45, 7) is 1.49. The predicted octanol–water partition coefficient (Wildman–Crippen LogP) is 1.46. The number of carbonyl (C=O) groups excluding carboxylic acids is 1. The van der Waals surface area contributed by atoms with Crippen LogP contribution in [0.15, 0.2) is 18.2 Å². The van der Waals surface area contributed by atoms with Crippen molar-refractivity contribution in [3.8, 4) is 11.8 Å². The van der Waals surface area contributed by atoms with Crippen LogP contribution in [0.3, 0.4) is 0 Å². The molecule has 0 aliphatic carbocycles. The third kappa shape index (κ3) is 1.58. The molecular formula is C11H9FN2O2. The third-order valence-corrected chi connectivity index (χ3v) is 2.36. The van der Waals surface area contributed by atoms with Crippen molar-refractivity contribution in [2.75, 3.05) is 11.4 Å². The van der Waals surface area contributed by atoms with Crippen LogP contribution in [0.25, 0.3) is 0 Å². The van der Waals surface area contributed by atoms with Gasteiger partial charge in [-0.3, -0.25) is 9.69 Å². The van der Waals surface area contributed by atoms with Crippen molar-refractivity contribution in [2.45, 2.75) is 13.0 Å². The van der Waals surface area contributed by atoms with Crippen LogP contribution in [0.2, 0.25) is 0 Å². The SMILES string of the molecule is CC1Oc2ccc(F)cc2N(CC#N)C1=O. The van der Waals surface area contributed by atoms with E-state index in [1.54, 1.807) is 6.92 Å². The molecule has 1 unspecified atom stereocenters. The van der Waals surface area contributed by atoms with Crippen LogP contribution in [0, 0.1) is 17.1 Å². The highest BCUT2D eigenvalue weighted by Gasteiger charge is 2.31. The van der Waals surface area contributed by atoms with E-state index in [0.717, 1.165) is 0 Å². The van der Waals surface area contributed by atoms with E-state index in [-0.39, 0.29) is 12.5 Å². The smallest absolute Gasteiger partial charge is 0.268 e. The van der Waals surface area contributed by atoms with Gasteiger partial charge in [-0.05, 0) is 19.1 Å². The first-order chi connectivity index (χ1) is 7.63. The van der Waals surface area contributed by atoms with Crippen molar-refractivity contribution >= 4 is 11.6 Å². The third-order valence-electron chi connectivity index (χ3n) is 2.36. The molecule has 1 aliphatic rings. The molecule has 0 bridgehead atoms. The van der Waals surface area contributed by atoms with Crippen LogP contribution in [0.4, 0.5) is 10.1 Å². The zero-order valence-electron chi connectivity index (χ0n) is 8.61. The van der Waals surface area contributed by atoms with Crippen LogP contribution in [-0.4, -0.2) is 18.6 Å². The lowest BCUT2D eigenvalue weighted by atomic mass is 10.2. The van der Waals surface area contributed by atoms with Crippen molar-refractivity contribution in [2.24, 2.45) is 0 Å². The van der Waals surface area contributed by atoms with E-state index in [4.69, 9.17) is 10.00 Å². The molecule has 1 heterocycles. The van der Waals surface area contributed by atoms with Gasteiger partial charge in [-0.25, -0.2) is 4.39 Å². The highest BCUT2D eigenvalue weighted by molar-refractivity contribution is 6.00. The number of anilines is 1. The number of ether oxygens (including phenoxy) is 1. The van der Waals surface area contributed by atoms with Gasteiger partial charge in [0.05, 0.1) is 11.8 Å². The Morgan fingerprint density at radius 2 is 2.38 bits per heavy atom. The number of amides is 1. The van der Waals surface area contributed by atoms with Gasteiger partial charge in [-0.1, -0.05) is 0 Å². The van der Waals surface area contributed by atoms with E-state index >= 15 is 0 Å². The number of nitriles is 1. The van der Waals surface area contributed by atoms with E-state index in [2.05, 4.69) is 0 Å². The maximum Gasteiger partial charge on any atom is 0.268 e. The van der Waals surface area contributed by atoms with Gasteiger partial charge in [-0.2, -0.15) is 5.26 Å². The normalized spacial score (nSPS) is 18.7. The molecule has 1 aliphatic heterocycles. The molecule has 1 aromatic rings. The summed E-state index contributed by atoms with van der Waals surface area (Å²) in [5.41, 5.74) is 0.310. The fraction of sp³-hybridized carbons (Fsp3) is 0.273. The van der Waals surface area contributed by atoms with Gasteiger partial charge < -0.3 is 4.74 Å². The minimum atomic E-state index is -0.647. The van der Waals surface area contributed by atoms with Gasteiger partial charge in [0.2, 0.25) is 0 Å². The second-order valence-electron chi connectivity index (χ2n) is 3.45. The van der Waals surface area contributed by atoms with Crippen molar-refractivity contribution in [1.29, 1.82) is 5.26 Å². The molecule has 0 aromatic heterocycles. The molecule has 0 N–H and O–H groups in total. The molecule has 82 valence electrons. The summed E-state index contributed by atoms with van der Waals surface area (Å²) < 4.78 is 18.4. The van der Waals surface area contributed by atoms with Gasteiger partial charge in [0.25, 0.3) is 5.91 Å². The second kappa shape index (κ2) is 3.81. The summed E-state index contributed by atoms with van der Waals surface area (Å²) in [6.07, 6.45) is -0.647. The highest BCUT2D eigenvalue weighted by atomic mass is 19.1. The van der Waals surface area contributed by atoms with Crippen LogP contribution in [-0.2, 0) is 4.79 Å². The lowest BCUT2D eigenvalue weighted by Crippen LogP contribution is -2.44. The fourth-order valence-corrected chi connectivity index (χ4v) is 1.61. The Bertz CT molecular complexity index is 481. The minimum Gasteiger partial charge on any atom is -0.479 e. The van der Waals surface area contributed by atoms with Crippen LogP contribution in [0.5, 0.6) is 5.75 Å². The number of rotatable bonds is 1. The van der Waals surface area contributed by atoms with E-state index < -0.39 is 11.9 Å². The molecule has 1 aromatic carbocycles. The molecule has 2 rings (SSSR count). The predicted molar refractivity (Wildman–Crippen MR) is 54.5 cm³/mol. The van der Waals surface area contributed by atoms with Gasteiger partial charge in [0, 0.05) is 6.07 Å². The number of carbonyl (C=O) groups is 1. The molecule has 0 radical (unpaired) electrons. The maximum absolute atomic E-state index is 13.1. The Kier molecular flexibility index (Phi) is 2.49. The molecule has 5 heteroatoms. The number of fused-ring (bicyclic) bond motifs is 1. The number of halogens is 1. The molecule has 0 fully saturated rings. The van der Waals surface area contributed by atoms with Gasteiger partial charge in [-0.15, -0.1) is 0 Å². The minimum absolute atomic E-state index is 0.108. The molecular weight excluding hydrogens is 211 g/mol. The topological polar surface area (TPSA) is 53.3 Å². The Labute approximate surface area is 91.8 Å². The lowest BCUT2D eigenvalue weighted by Gasteiger charge is -2.31. The molecule has 4 nitrogen and oxygen atoms in total. The first-order valence-electron chi connectivity index (χ1n) is 4.78. The van der Waals surface area contributed by atoms with E-state index in [1.165, 1.54) is 23.1 Å². The van der Waals surface area contributed by atoms with Crippen molar-refractivity contribution in [3.05, 3.63) is 24.0 Å². The highest BCUT2D eigenvalue weighted by Crippen LogP contribution is 2.34. The number of hydrogen-bond donors (Lipinski definition) is 0. The van der Waals surface area contributed by atoms with Crippen LogP contribution in [0.1, 0.15) is 6.92 Å². The summed E-state index contributed by atoms with van der Waals surface area (Å²) >= 11 is 0. The van der Waals surface area contributed by atoms with E-state index in [1.807, 2.05) is 6.07 Å². The average molecular weight is 220 g/mol. The first kappa shape index (κ1) is 10.4. The zero-order valence-corrected chi connectivity index (χ0v) is 8.61. The number of benzene rings is 1. The summed E-state index contributed by atoms with van der Waals surface area (Å²) in [4.78, 5) is 12.9. The Hall–Kier alpha value is -2.09. The summed E-state index contributed by atoms with van der Waals surface area (Å²) in [6, 6.07) is 5.78. The molecule has 1 atom stereocenters. The van der Waals surface area contributed by atoms with Crippen molar-refractivity contribution < 1.29 is 13.9 Å². The van der Waals surface area contributed by atoms with Gasteiger partial charge in [0.1, 0.15) is 18.1 Å². The zero-order chi connectivity index (χ0) is 11.7. The monoisotopic (exact) mass is 220 g/mol. The lowest BCUT2D eigenvalue weighted by molar-refractivity contribution is -0.125. The van der Waals surface area contributed by atoms with Gasteiger partial charge in [0.15, 0.2) is 6.10 Å². The average Bonchev–Trinajstić information content (AvgIpc) is 2.26. The van der Waals surface area contributed by atoms with Crippen molar-refractivity contribution in [1.82, 2.24) is 0 Å². The molecule has 0 saturated carbocycles. The Balaban J connectivity index is 2.50. The van der Waals surface area contributed by atoms with E-state index in [9.17, 15) is 9.18 Å². The summed E-state index contributed by atoms with van der Waals surface area (Å²) in [7, 11) is 0. The standard InChI is InChI=1S/C11H9FN2O2/c1-7-11(15)14(5-4-13)9-6-8(12)2-3-10(9)16-7/h2-3,6-7H,5H2,1H3. The number of nitrogens with zero attached hydrogens (tertiary/aromatic N) is 2. The quantitative estimate of drug-likeness (QED) is 0.673. The molecule has 0 spiro atoms. The second-order valence-corrected chi connectivity index (χ2v) is 3.45. The van der Waals surface area contributed by atoms with Gasteiger partial charge >= 0.3 is 0 Å². The summed E-state index contributed by atoms with van der Waals surface area (Å²) in [5.74, 6) is -0.379. The van der Waals surface area contributed by atoms with E-state index in [0.29, 0.717) is 11.4 Å². The fourth-order valence-electron chi connectivity index (χ4n) is 1.61. The molecule has 16 heavy (non-hydrogen) atoms. The first-order valence-corrected chi connectivity index (χ1v) is 4.78. The largest absolute Gasteiger partial charge is 0.479 e. The summed E-state index contributed by atoms with van der Waals surface area (Å²) in [5, 5.41) is 8.64. The maximum atomic E-state index is 13.1.